The van der Waals surface area contributed by atoms with Crippen molar-refractivity contribution in [3.63, 3.8) is 0 Å². The molecule has 2 aromatic carbocycles. The van der Waals surface area contributed by atoms with Crippen molar-refractivity contribution in [2.75, 3.05) is 11.9 Å². The highest BCUT2D eigenvalue weighted by Gasteiger charge is 2.13. The summed E-state index contributed by atoms with van der Waals surface area (Å²) >= 11 is 8.60. The Bertz CT molecular complexity index is 824. The molecule has 0 fully saturated rings. The number of hydrogen-bond donors (Lipinski definition) is 3. The van der Waals surface area contributed by atoms with Crippen molar-refractivity contribution < 1.29 is 9.59 Å². The predicted molar refractivity (Wildman–Crippen MR) is 107 cm³/mol. The summed E-state index contributed by atoms with van der Waals surface area (Å²) in [6.45, 7) is 4.31. The molecule has 0 aromatic heterocycles. The van der Waals surface area contributed by atoms with Gasteiger partial charge in [0, 0.05) is 16.6 Å². The number of thiocarbonyl (C=S) groups is 1. The Kier molecular flexibility index (Phi) is 6.66. The minimum atomic E-state index is -0.325. The number of anilines is 1. The Balaban J connectivity index is 2.09. The fourth-order valence-corrected chi connectivity index (χ4v) is 2.69. The van der Waals surface area contributed by atoms with Crippen LogP contribution in [0.1, 0.15) is 33.2 Å². The second kappa shape index (κ2) is 8.73. The van der Waals surface area contributed by atoms with Gasteiger partial charge in [0.25, 0.3) is 11.8 Å². The van der Waals surface area contributed by atoms with Gasteiger partial charge >= 0.3 is 0 Å². The monoisotopic (exact) mass is 419 g/mol. The topological polar surface area (TPSA) is 70.2 Å². The van der Waals surface area contributed by atoms with Gasteiger partial charge in [-0.05, 0) is 55.9 Å². The molecule has 2 aromatic rings. The first-order valence-corrected chi connectivity index (χ1v) is 8.88. The van der Waals surface area contributed by atoms with Crippen molar-refractivity contribution in [3.8, 4) is 0 Å². The SMILES string of the molecule is CCNC(=O)c1ccccc1NC(=S)NC(=O)c1ccc(C)c(Br)c1. The summed E-state index contributed by atoms with van der Waals surface area (Å²) in [5, 5.41) is 8.38. The maximum atomic E-state index is 12.3. The summed E-state index contributed by atoms with van der Waals surface area (Å²) in [6, 6.07) is 12.3. The highest BCUT2D eigenvalue weighted by atomic mass is 79.9. The van der Waals surface area contributed by atoms with Gasteiger partial charge in [0.15, 0.2) is 5.11 Å². The molecule has 0 aliphatic rings. The lowest BCUT2D eigenvalue weighted by Crippen LogP contribution is -2.35. The molecule has 0 radical (unpaired) electrons. The van der Waals surface area contributed by atoms with Crippen LogP contribution in [-0.4, -0.2) is 23.5 Å². The van der Waals surface area contributed by atoms with Crippen LogP contribution in [-0.2, 0) is 0 Å². The summed E-state index contributed by atoms with van der Waals surface area (Å²) in [6.07, 6.45) is 0. The van der Waals surface area contributed by atoms with Crippen molar-refractivity contribution in [3.05, 3.63) is 63.6 Å². The van der Waals surface area contributed by atoms with Gasteiger partial charge in [-0.2, -0.15) is 0 Å². The van der Waals surface area contributed by atoms with Gasteiger partial charge in [0.1, 0.15) is 0 Å². The molecule has 2 amide bonds. The number of carbonyl (C=O) groups is 2. The number of amides is 2. The Labute approximate surface area is 160 Å². The van der Waals surface area contributed by atoms with E-state index >= 15 is 0 Å². The second-order valence-corrected chi connectivity index (χ2v) is 6.54. The number of carbonyl (C=O) groups excluding carboxylic acids is 2. The van der Waals surface area contributed by atoms with E-state index in [2.05, 4.69) is 31.9 Å². The van der Waals surface area contributed by atoms with Crippen molar-refractivity contribution in [2.24, 2.45) is 0 Å². The highest BCUT2D eigenvalue weighted by Crippen LogP contribution is 2.18. The van der Waals surface area contributed by atoms with Crippen LogP contribution in [0, 0.1) is 6.92 Å². The van der Waals surface area contributed by atoms with E-state index in [1.54, 1.807) is 36.4 Å². The molecule has 25 heavy (non-hydrogen) atoms. The molecule has 7 heteroatoms. The molecule has 0 spiro atoms. The number of para-hydroxylation sites is 1. The van der Waals surface area contributed by atoms with Crippen LogP contribution in [0.3, 0.4) is 0 Å². The molecule has 0 saturated carbocycles. The van der Waals surface area contributed by atoms with E-state index in [0.717, 1.165) is 10.0 Å². The first-order valence-electron chi connectivity index (χ1n) is 7.68. The molecule has 0 saturated heterocycles. The minimum absolute atomic E-state index is 0.124. The largest absolute Gasteiger partial charge is 0.352 e. The van der Waals surface area contributed by atoms with Gasteiger partial charge in [0.2, 0.25) is 0 Å². The smallest absolute Gasteiger partial charge is 0.257 e. The fourth-order valence-electron chi connectivity index (χ4n) is 2.11. The number of nitrogens with one attached hydrogen (secondary N) is 3. The van der Waals surface area contributed by atoms with Crippen LogP contribution in [0.4, 0.5) is 5.69 Å². The number of aryl methyl sites for hydroxylation is 1. The van der Waals surface area contributed by atoms with Crippen molar-refractivity contribution >= 4 is 50.8 Å². The Morgan fingerprint density at radius 1 is 1.12 bits per heavy atom. The lowest BCUT2D eigenvalue weighted by atomic mass is 10.1. The van der Waals surface area contributed by atoms with Gasteiger partial charge in [-0.25, -0.2) is 0 Å². The Morgan fingerprint density at radius 3 is 2.52 bits per heavy atom. The van der Waals surface area contributed by atoms with Crippen molar-refractivity contribution in [1.82, 2.24) is 10.6 Å². The van der Waals surface area contributed by atoms with Crippen LogP contribution in [0.25, 0.3) is 0 Å². The van der Waals surface area contributed by atoms with Gasteiger partial charge in [0.05, 0.1) is 11.3 Å². The van der Waals surface area contributed by atoms with Crippen molar-refractivity contribution in [2.45, 2.75) is 13.8 Å². The molecule has 0 aliphatic carbocycles. The van der Waals surface area contributed by atoms with E-state index in [1.165, 1.54) is 0 Å². The lowest BCUT2D eigenvalue weighted by molar-refractivity contribution is 0.0954. The maximum Gasteiger partial charge on any atom is 0.257 e. The summed E-state index contributed by atoms with van der Waals surface area (Å²) in [5.41, 5.74) is 2.51. The Morgan fingerprint density at radius 2 is 1.84 bits per heavy atom. The molecular weight excluding hydrogens is 402 g/mol. The zero-order valence-corrected chi connectivity index (χ0v) is 16.3. The van der Waals surface area contributed by atoms with E-state index in [9.17, 15) is 9.59 Å². The zero-order valence-electron chi connectivity index (χ0n) is 13.9. The molecule has 0 heterocycles. The predicted octanol–water partition coefficient (Wildman–Crippen LogP) is 3.63. The van der Waals surface area contributed by atoms with Crippen LogP contribution in [0.2, 0.25) is 0 Å². The van der Waals surface area contributed by atoms with Gasteiger partial charge in [-0.1, -0.05) is 34.1 Å². The van der Waals surface area contributed by atoms with Gasteiger partial charge in [-0.3, -0.25) is 14.9 Å². The summed E-state index contributed by atoms with van der Waals surface area (Å²) < 4.78 is 0.848. The van der Waals surface area contributed by atoms with E-state index in [0.29, 0.717) is 23.4 Å². The Hall–Kier alpha value is -2.25. The molecule has 0 atom stereocenters. The molecule has 3 N–H and O–H groups in total. The summed E-state index contributed by atoms with van der Waals surface area (Å²) in [7, 11) is 0. The normalized spacial score (nSPS) is 10.0. The number of halogens is 1. The average molecular weight is 420 g/mol. The molecular formula is C18H18BrN3O2S. The highest BCUT2D eigenvalue weighted by molar-refractivity contribution is 9.10. The maximum absolute atomic E-state index is 12.3. The van der Waals surface area contributed by atoms with Gasteiger partial charge in [-0.15, -0.1) is 0 Å². The first kappa shape index (κ1) is 19.1. The third-order valence-corrected chi connectivity index (χ3v) is 4.48. The van der Waals surface area contributed by atoms with E-state index in [4.69, 9.17) is 12.2 Å². The van der Waals surface area contributed by atoms with Gasteiger partial charge < -0.3 is 10.6 Å². The lowest BCUT2D eigenvalue weighted by Gasteiger charge is -2.13. The molecule has 130 valence electrons. The standard InChI is InChI=1S/C18H18BrN3O2S/c1-3-20-17(24)13-6-4-5-7-15(13)21-18(25)22-16(23)12-9-8-11(2)14(19)10-12/h4-10H,3H2,1-2H3,(H,20,24)(H2,21,22,23,25). The van der Waals surface area contributed by atoms with Crippen LogP contribution in [0.15, 0.2) is 46.9 Å². The number of hydrogen-bond acceptors (Lipinski definition) is 3. The van der Waals surface area contributed by atoms with Crippen LogP contribution < -0.4 is 16.0 Å². The number of rotatable bonds is 4. The summed E-state index contributed by atoms with van der Waals surface area (Å²) in [5.74, 6) is -0.532. The van der Waals surface area contributed by atoms with Crippen molar-refractivity contribution in [1.29, 1.82) is 0 Å². The summed E-state index contributed by atoms with van der Waals surface area (Å²) in [4.78, 5) is 24.4. The average Bonchev–Trinajstić information content (AvgIpc) is 2.57. The van der Waals surface area contributed by atoms with Crippen LogP contribution in [0.5, 0.6) is 0 Å². The van der Waals surface area contributed by atoms with E-state index in [-0.39, 0.29) is 16.9 Å². The third kappa shape index (κ3) is 5.11. The quantitative estimate of drug-likeness (QED) is 0.661. The molecule has 5 nitrogen and oxygen atoms in total. The van der Waals surface area contributed by atoms with E-state index in [1.807, 2.05) is 19.9 Å². The molecule has 0 bridgehead atoms. The van der Waals surface area contributed by atoms with Crippen LogP contribution >= 0.6 is 28.1 Å². The molecule has 2 rings (SSSR count). The number of benzene rings is 2. The fraction of sp³-hybridized carbons (Fsp3) is 0.167. The van der Waals surface area contributed by atoms with E-state index < -0.39 is 0 Å². The minimum Gasteiger partial charge on any atom is -0.352 e. The molecule has 0 unspecified atom stereocenters. The second-order valence-electron chi connectivity index (χ2n) is 5.28. The first-order chi connectivity index (χ1) is 11.9. The zero-order chi connectivity index (χ0) is 18.4. The third-order valence-electron chi connectivity index (χ3n) is 3.42. The molecule has 0 aliphatic heterocycles.